The van der Waals surface area contributed by atoms with Gasteiger partial charge in [0.15, 0.2) is 0 Å². The van der Waals surface area contributed by atoms with Crippen LogP contribution < -0.4 is 4.74 Å². The van der Waals surface area contributed by atoms with Gasteiger partial charge >= 0.3 is 0 Å². The third-order valence-corrected chi connectivity index (χ3v) is 4.82. The van der Waals surface area contributed by atoms with Crippen LogP contribution in [-0.2, 0) is 6.54 Å². The predicted octanol–water partition coefficient (Wildman–Crippen LogP) is 3.31. The Balaban J connectivity index is 1.52. The lowest BCUT2D eigenvalue weighted by atomic mass is 10.2. The van der Waals surface area contributed by atoms with Crippen molar-refractivity contribution in [1.29, 1.82) is 0 Å². The molecular formula is C16H21N3OS. The zero-order valence-electron chi connectivity index (χ0n) is 12.5. The average Bonchev–Trinajstić information content (AvgIpc) is 3.10. The summed E-state index contributed by atoms with van der Waals surface area (Å²) < 4.78 is 5.99. The number of ether oxygens (including phenoxy) is 1. The Morgan fingerprint density at radius 2 is 2.19 bits per heavy atom. The molecule has 0 aromatic carbocycles. The maximum Gasteiger partial charge on any atom is 0.122 e. The fraction of sp³-hybridized carbons (Fsp3) is 0.500. The first-order valence-corrected chi connectivity index (χ1v) is 8.32. The van der Waals surface area contributed by atoms with Crippen LogP contribution >= 0.6 is 11.3 Å². The van der Waals surface area contributed by atoms with Gasteiger partial charge in [0.05, 0.1) is 10.7 Å². The summed E-state index contributed by atoms with van der Waals surface area (Å²) in [5.74, 6) is 1.43. The van der Waals surface area contributed by atoms with Gasteiger partial charge in [-0.2, -0.15) is 0 Å². The topological polar surface area (TPSA) is 38.2 Å². The Bertz CT molecular complexity index is 570. The summed E-state index contributed by atoms with van der Waals surface area (Å²) in [4.78, 5) is 11.1. The van der Waals surface area contributed by atoms with Gasteiger partial charge in [-0.25, -0.2) is 4.98 Å². The first kappa shape index (κ1) is 14.5. The molecule has 0 spiro atoms. The number of hydrogen-bond acceptors (Lipinski definition) is 5. The normalized spacial score (nSPS) is 19.3. The molecule has 0 radical (unpaired) electrons. The van der Waals surface area contributed by atoms with Crippen molar-refractivity contribution in [1.82, 2.24) is 14.9 Å². The van der Waals surface area contributed by atoms with Crippen molar-refractivity contribution in [2.45, 2.75) is 38.8 Å². The van der Waals surface area contributed by atoms with Crippen LogP contribution in [0.5, 0.6) is 5.75 Å². The number of likely N-dealkylation sites (tertiary alicyclic amines) is 1. The molecule has 4 nitrogen and oxygen atoms in total. The fourth-order valence-corrected chi connectivity index (χ4v) is 3.36. The summed E-state index contributed by atoms with van der Waals surface area (Å²) >= 11 is 1.77. The highest BCUT2D eigenvalue weighted by molar-refractivity contribution is 7.09. The van der Waals surface area contributed by atoms with Crippen LogP contribution in [0.1, 0.15) is 36.9 Å². The monoisotopic (exact) mass is 303 g/mol. The predicted molar refractivity (Wildman–Crippen MR) is 84.8 cm³/mol. The molecule has 21 heavy (non-hydrogen) atoms. The first-order chi connectivity index (χ1) is 10.2. The van der Waals surface area contributed by atoms with E-state index < -0.39 is 0 Å². The molecule has 1 atom stereocenters. The number of nitrogens with zero attached hydrogens (tertiary/aromatic N) is 3. The smallest absolute Gasteiger partial charge is 0.122 e. The van der Waals surface area contributed by atoms with Gasteiger partial charge in [-0.3, -0.25) is 9.88 Å². The van der Waals surface area contributed by atoms with Gasteiger partial charge in [0, 0.05) is 43.3 Å². The van der Waals surface area contributed by atoms with Crippen LogP contribution in [-0.4, -0.2) is 34.1 Å². The minimum absolute atomic E-state index is 0.274. The highest BCUT2D eigenvalue weighted by Crippen LogP contribution is 2.22. The van der Waals surface area contributed by atoms with Crippen molar-refractivity contribution in [3.05, 3.63) is 40.6 Å². The van der Waals surface area contributed by atoms with Crippen LogP contribution in [0.3, 0.4) is 0 Å². The molecule has 2 aromatic heterocycles. The first-order valence-electron chi connectivity index (χ1n) is 7.44. The van der Waals surface area contributed by atoms with E-state index in [1.54, 1.807) is 23.7 Å². The molecule has 0 aliphatic carbocycles. The molecule has 1 aliphatic rings. The quantitative estimate of drug-likeness (QED) is 0.849. The highest BCUT2D eigenvalue weighted by atomic mass is 32.1. The number of rotatable bonds is 5. The van der Waals surface area contributed by atoms with Crippen molar-refractivity contribution in [2.24, 2.45) is 0 Å². The second kappa shape index (κ2) is 6.54. The van der Waals surface area contributed by atoms with E-state index >= 15 is 0 Å². The summed E-state index contributed by atoms with van der Waals surface area (Å²) in [6, 6.07) is 3.83. The number of aromatic nitrogens is 2. The summed E-state index contributed by atoms with van der Waals surface area (Å²) in [5.41, 5.74) is 1.19. The molecule has 3 heterocycles. The van der Waals surface area contributed by atoms with Gasteiger partial charge in [0.2, 0.25) is 0 Å². The Labute approximate surface area is 129 Å². The summed E-state index contributed by atoms with van der Waals surface area (Å²) in [6.07, 6.45) is 4.88. The Morgan fingerprint density at radius 1 is 1.38 bits per heavy atom. The van der Waals surface area contributed by atoms with Crippen molar-refractivity contribution < 1.29 is 4.74 Å². The maximum absolute atomic E-state index is 5.99. The minimum atomic E-state index is 0.274. The molecule has 3 rings (SSSR count). The summed E-state index contributed by atoms with van der Waals surface area (Å²) in [7, 11) is 0. The molecule has 0 unspecified atom stereocenters. The van der Waals surface area contributed by atoms with E-state index in [4.69, 9.17) is 9.72 Å². The van der Waals surface area contributed by atoms with E-state index in [-0.39, 0.29) is 6.10 Å². The minimum Gasteiger partial charge on any atom is -0.489 e. The standard InChI is InChI=1S/C16H21N3OS/c1-12(2)16-18-13(11-21-16)9-19-8-5-15(10-19)20-14-3-6-17-7-4-14/h3-4,6-7,11-12,15H,5,8-10H2,1-2H3/t15-/m1/s1. The van der Waals surface area contributed by atoms with Crippen molar-refractivity contribution >= 4 is 11.3 Å². The van der Waals surface area contributed by atoms with E-state index in [1.807, 2.05) is 12.1 Å². The van der Waals surface area contributed by atoms with Crippen molar-refractivity contribution in [3.63, 3.8) is 0 Å². The number of hydrogen-bond donors (Lipinski definition) is 0. The third kappa shape index (κ3) is 3.80. The van der Waals surface area contributed by atoms with Gasteiger partial charge < -0.3 is 4.74 Å². The Morgan fingerprint density at radius 3 is 2.90 bits per heavy atom. The molecule has 0 amide bonds. The SMILES string of the molecule is CC(C)c1nc(CN2CC[C@@H](Oc3ccncc3)C2)cs1. The second-order valence-electron chi connectivity index (χ2n) is 5.78. The van der Waals surface area contributed by atoms with Crippen LogP contribution in [0.2, 0.25) is 0 Å². The second-order valence-corrected chi connectivity index (χ2v) is 6.67. The number of thiazole rings is 1. The van der Waals surface area contributed by atoms with Gasteiger partial charge in [0.1, 0.15) is 11.9 Å². The maximum atomic E-state index is 5.99. The molecule has 1 fully saturated rings. The largest absolute Gasteiger partial charge is 0.489 e. The van der Waals surface area contributed by atoms with Crippen LogP contribution in [0.4, 0.5) is 0 Å². The van der Waals surface area contributed by atoms with Crippen molar-refractivity contribution in [2.75, 3.05) is 13.1 Å². The van der Waals surface area contributed by atoms with E-state index in [0.717, 1.165) is 31.8 Å². The molecule has 0 bridgehead atoms. The molecule has 1 saturated heterocycles. The molecule has 0 N–H and O–H groups in total. The van der Waals surface area contributed by atoms with Crippen molar-refractivity contribution in [3.8, 4) is 5.75 Å². The number of pyridine rings is 1. The highest BCUT2D eigenvalue weighted by Gasteiger charge is 2.24. The third-order valence-electron chi connectivity index (χ3n) is 3.63. The lowest BCUT2D eigenvalue weighted by Crippen LogP contribution is -2.24. The van der Waals surface area contributed by atoms with E-state index in [0.29, 0.717) is 5.92 Å². The molecular weight excluding hydrogens is 282 g/mol. The summed E-state index contributed by atoms with van der Waals surface area (Å²) in [6.45, 7) is 7.36. The fourth-order valence-electron chi connectivity index (χ4n) is 2.54. The van der Waals surface area contributed by atoms with E-state index in [1.165, 1.54) is 10.7 Å². The Kier molecular flexibility index (Phi) is 4.51. The lowest BCUT2D eigenvalue weighted by Gasteiger charge is -2.15. The lowest BCUT2D eigenvalue weighted by molar-refractivity contribution is 0.197. The zero-order valence-corrected chi connectivity index (χ0v) is 13.3. The summed E-state index contributed by atoms with van der Waals surface area (Å²) in [5, 5.41) is 3.42. The molecule has 0 saturated carbocycles. The Hall–Kier alpha value is -1.46. The van der Waals surface area contributed by atoms with Crippen LogP contribution in [0.25, 0.3) is 0 Å². The van der Waals surface area contributed by atoms with E-state index in [2.05, 4.69) is 29.1 Å². The van der Waals surface area contributed by atoms with Gasteiger partial charge in [0.25, 0.3) is 0 Å². The van der Waals surface area contributed by atoms with Gasteiger partial charge in [-0.15, -0.1) is 11.3 Å². The van der Waals surface area contributed by atoms with Crippen LogP contribution in [0.15, 0.2) is 29.9 Å². The van der Waals surface area contributed by atoms with E-state index in [9.17, 15) is 0 Å². The van der Waals surface area contributed by atoms with Gasteiger partial charge in [-0.1, -0.05) is 13.8 Å². The molecule has 1 aliphatic heterocycles. The van der Waals surface area contributed by atoms with Crippen LogP contribution in [0, 0.1) is 0 Å². The molecule has 2 aromatic rings. The van der Waals surface area contributed by atoms with Gasteiger partial charge in [-0.05, 0) is 18.6 Å². The average molecular weight is 303 g/mol. The zero-order chi connectivity index (χ0) is 14.7. The molecule has 112 valence electrons. The molecule has 5 heteroatoms.